The van der Waals surface area contributed by atoms with E-state index in [2.05, 4.69) is 5.32 Å². The molecule has 1 amide bonds. The fraction of sp³-hybridized carbons (Fsp3) is 0.875. The second kappa shape index (κ2) is 7.86. The molecule has 0 atom stereocenters. The number of carbonyl (C=O) groups excluding carboxylic acids is 1. The standard InChI is InChI=1S/C8H16ClNO/c1-2-7-10-8(11)5-3-4-6-9/h2-7H2,1H3,(H,10,11). The first kappa shape index (κ1) is 10.8. The highest BCUT2D eigenvalue weighted by Gasteiger charge is 1.97. The van der Waals surface area contributed by atoms with Gasteiger partial charge in [0.15, 0.2) is 0 Å². The highest BCUT2D eigenvalue weighted by molar-refractivity contribution is 6.17. The van der Waals surface area contributed by atoms with Crippen molar-refractivity contribution in [1.82, 2.24) is 5.32 Å². The maximum absolute atomic E-state index is 10.9. The van der Waals surface area contributed by atoms with Crippen LogP contribution in [-0.4, -0.2) is 18.3 Å². The third-order valence-electron chi connectivity index (χ3n) is 1.36. The lowest BCUT2D eigenvalue weighted by Crippen LogP contribution is -2.23. The summed E-state index contributed by atoms with van der Waals surface area (Å²) in [6.07, 6.45) is 3.45. The number of nitrogens with one attached hydrogen (secondary N) is 1. The summed E-state index contributed by atoms with van der Waals surface area (Å²) in [5, 5.41) is 2.81. The molecule has 0 saturated carbocycles. The van der Waals surface area contributed by atoms with Crippen molar-refractivity contribution in [2.45, 2.75) is 32.6 Å². The molecule has 0 aromatic rings. The molecule has 0 aliphatic rings. The first-order chi connectivity index (χ1) is 5.31. The number of halogens is 1. The number of alkyl halides is 1. The largest absolute Gasteiger partial charge is 0.356 e. The molecule has 0 bridgehead atoms. The van der Waals surface area contributed by atoms with E-state index in [0.717, 1.165) is 25.8 Å². The van der Waals surface area contributed by atoms with Crippen molar-refractivity contribution < 1.29 is 4.79 Å². The minimum atomic E-state index is 0.150. The molecule has 0 rings (SSSR count). The monoisotopic (exact) mass is 177 g/mol. The average molecular weight is 178 g/mol. The predicted molar refractivity (Wildman–Crippen MR) is 47.9 cm³/mol. The summed E-state index contributed by atoms with van der Waals surface area (Å²) in [6.45, 7) is 2.83. The number of rotatable bonds is 6. The Labute approximate surface area is 73.3 Å². The molecule has 0 spiro atoms. The van der Waals surface area contributed by atoms with Crippen LogP contribution < -0.4 is 5.32 Å². The molecule has 66 valence electrons. The van der Waals surface area contributed by atoms with Crippen LogP contribution in [0.4, 0.5) is 0 Å². The molecule has 3 heteroatoms. The second-order valence-electron chi connectivity index (χ2n) is 2.50. The Bertz CT molecular complexity index is 106. The van der Waals surface area contributed by atoms with Crippen LogP contribution in [0.3, 0.4) is 0 Å². The zero-order chi connectivity index (χ0) is 8.53. The maximum atomic E-state index is 10.9. The summed E-state index contributed by atoms with van der Waals surface area (Å²) in [4.78, 5) is 10.9. The molecule has 11 heavy (non-hydrogen) atoms. The maximum Gasteiger partial charge on any atom is 0.219 e. The van der Waals surface area contributed by atoms with Gasteiger partial charge in [0.1, 0.15) is 0 Å². The lowest BCUT2D eigenvalue weighted by atomic mass is 10.2. The van der Waals surface area contributed by atoms with E-state index in [-0.39, 0.29) is 5.91 Å². The first-order valence-electron chi connectivity index (χ1n) is 4.14. The number of unbranched alkanes of at least 4 members (excludes halogenated alkanes) is 1. The van der Waals surface area contributed by atoms with Crippen molar-refractivity contribution in [2.24, 2.45) is 0 Å². The van der Waals surface area contributed by atoms with E-state index in [4.69, 9.17) is 11.6 Å². The highest BCUT2D eigenvalue weighted by atomic mass is 35.5. The van der Waals surface area contributed by atoms with Crippen LogP contribution in [0.15, 0.2) is 0 Å². The van der Waals surface area contributed by atoms with Crippen molar-refractivity contribution in [1.29, 1.82) is 0 Å². The Hall–Kier alpha value is -0.240. The Morgan fingerprint density at radius 3 is 2.73 bits per heavy atom. The Balaban J connectivity index is 3.09. The van der Waals surface area contributed by atoms with Gasteiger partial charge in [0.05, 0.1) is 0 Å². The molecule has 0 radical (unpaired) electrons. The third-order valence-corrected chi connectivity index (χ3v) is 1.63. The quantitative estimate of drug-likeness (QED) is 0.488. The van der Waals surface area contributed by atoms with Gasteiger partial charge in [-0.05, 0) is 19.3 Å². The Morgan fingerprint density at radius 2 is 2.18 bits per heavy atom. The Morgan fingerprint density at radius 1 is 1.45 bits per heavy atom. The summed E-state index contributed by atoms with van der Waals surface area (Å²) >= 11 is 5.46. The molecule has 2 nitrogen and oxygen atoms in total. The molecular formula is C8H16ClNO. The van der Waals surface area contributed by atoms with Gasteiger partial charge in [0.25, 0.3) is 0 Å². The smallest absolute Gasteiger partial charge is 0.219 e. The zero-order valence-electron chi connectivity index (χ0n) is 7.03. The topological polar surface area (TPSA) is 29.1 Å². The number of amides is 1. The van der Waals surface area contributed by atoms with Crippen molar-refractivity contribution in [3.63, 3.8) is 0 Å². The Kier molecular flexibility index (Phi) is 7.69. The van der Waals surface area contributed by atoms with E-state index in [1.807, 2.05) is 6.92 Å². The van der Waals surface area contributed by atoms with Crippen LogP contribution in [0.5, 0.6) is 0 Å². The molecule has 0 heterocycles. The predicted octanol–water partition coefficient (Wildman–Crippen LogP) is 1.92. The molecule has 0 fully saturated rings. The molecule has 0 aliphatic heterocycles. The first-order valence-corrected chi connectivity index (χ1v) is 4.67. The van der Waals surface area contributed by atoms with Gasteiger partial charge in [-0.25, -0.2) is 0 Å². The molecule has 0 aliphatic carbocycles. The molecule has 0 aromatic heterocycles. The van der Waals surface area contributed by atoms with E-state index in [1.54, 1.807) is 0 Å². The zero-order valence-corrected chi connectivity index (χ0v) is 7.78. The van der Waals surface area contributed by atoms with E-state index in [0.29, 0.717) is 12.3 Å². The minimum absolute atomic E-state index is 0.150. The second-order valence-corrected chi connectivity index (χ2v) is 2.87. The van der Waals surface area contributed by atoms with Gasteiger partial charge >= 0.3 is 0 Å². The van der Waals surface area contributed by atoms with Crippen LogP contribution in [0.25, 0.3) is 0 Å². The molecule has 0 saturated heterocycles. The van der Waals surface area contributed by atoms with Crippen LogP contribution in [0.2, 0.25) is 0 Å². The number of carbonyl (C=O) groups is 1. The summed E-state index contributed by atoms with van der Waals surface area (Å²) in [5.41, 5.74) is 0. The third kappa shape index (κ3) is 7.66. The number of hydrogen-bond acceptors (Lipinski definition) is 1. The highest BCUT2D eigenvalue weighted by Crippen LogP contribution is 1.96. The van der Waals surface area contributed by atoms with E-state index in [1.165, 1.54) is 0 Å². The van der Waals surface area contributed by atoms with Crippen molar-refractivity contribution in [2.75, 3.05) is 12.4 Å². The van der Waals surface area contributed by atoms with Gasteiger partial charge in [-0.3, -0.25) is 4.79 Å². The SMILES string of the molecule is CCCNC(=O)CCCCCl. The van der Waals surface area contributed by atoms with Gasteiger partial charge in [-0.2, -0.15) is 0 Å². The summed E-state index contributed by atoms with van der Waals surface area (Å²) in [7, 11) is 0. The van der Waals surface area contributed by atoms with Gasteiger partial charge in [-0.1, -0.05) is 6.92 Å². The average Bonchev–Trinajstić information content (AvgIpc) is 2.01. The minimum Gasteiger partial charge on any atom is -0.356 e. The summed E-state index contributed by atoms with van der Waals surface area (Å²) in [6, 6.07) is 0. The normalized spacial score (nSPS) is 9.64. The summed E-state index contributed by atoms with van der Waals surface area (Å²) in [5.74, 6) is 0.804. The van der Waals surface area contributed by atoms with Crippen LogP contribution in [-0.2, 0) is 4.79 Å². The lowest BCUT2D eigenvalue weighted by Gasteiger charge is -2.01. The fourth-order valence-corrected chi connectivity index (χ4v) is 0.922. The fourth-order valence-electron chi connectivity index (χ4n) is 0.733. The van der Waals surface area contributed by atoms with Crippen molar-refractivity contribution >= 4 is 17.5 Å². The van der Waals surface area contributed by atoms with Crippen LogP contribution in [0.1, 0.15) is 32.6 Å². The van der Waals surface area contributed by atoms with Gasteiger partial charge in [0.2, 0.25) is 5.91 Å². The van der Waals surface area contributed by atoms with Crippen LogP contribution >= 0.6 is 11.6 Å². The molecule has 0 aromatic carbocycles. The van der Waals surface area contributed by atoms with Crippen molar-refractivity contribution in [3.05, 3.63) is 0 Å². The summed E-state index contributed by atoms with van der Waals surface area (Å²) < 4.78 is 0. The molecular weight excluding hydrogens is 162 g/mol. The molecule has 1 N–H and O–H groups in total. The van der Waals surface area contributed by atoms with Gasteiger partial charge in [0, 0.05) is 18.8 Å². The van der Waals surface area contributed by atoms with E-state index < -0.39 is 0 Å². The van der Waals surface area contributed by atoms with Gasteiger partial charge in [-0.15, -0.1) is 11.6 Å². The van der Waals surface area contributed by atoms with Gasteiger partial charge < -0.3 is 5.32 Å². The number of hydrogen-bond donors (Lipinski definition) is 1. The van der Waals surface area contributed by atoms with E-state index in [9.17, 15) is 4.79 Å². The lowest BCUT2D eigenvalue weighted by molar-refractivity contribution is -0.121. The van der Waals surface area contributed by atoms with E-state index >= 15 is 0 Å². The molecule has 0 unspecified atom stereocenters. The van der Waals surface area contributed by atoms with Crippen molar-refractivity contribution in [3.8, 4) is 0 Å². The van der Waals surface area contributed by atoms with Crippen LogP contribution in [0, 0.1) is 0 Å².